The van der Waals surface area contributed by atoms with Gasteiger partial charge in [0.1, 0.15) is 0 Å². The van der Waals surface area contributed by atoms with Crippen molar-refractivity contribution < 1.29 is 18.8 Å². The van der Waals surface area contributed by atoms with E-state index < -0.39 is 17.2 Å². The van der Waals surface area contributed by atoms with Gasteiger partial charge in [-0.3, -0.25) is 24.3 Å². The fraction of sp³-hybridized carbons (Fsp3) is 0.486. The highest BCUT2D eigenvalue weighted by atomic mass is 16.4. The summed E-state index contributed by atoms with van der Waals surface area (Å²) in [4.78, 5) is 50.7. The third kappa shape index (κ3) is 7.78. The van der Waals surface area contributed by atoms with E-state index in [1.165, 1.54) is 30.6 Å². The third-order valence-electron chi connectivity index (χ3n) is 9.23. The molecule has 2 aliphatic rings. The molecule has 1 radical (unpaired) electrons. The van der Waals surface area contributed by atoms with Crippen LogP contribution in [-0.4, -0.2) is 39.1 Å². The van der Waals surface area contributed by atoms with Crippen molar-refractivity contribution in [1.29, 1.82) is 0 Å². The molecule has 2 N–H and O–H groups in total. The van der Waals surface area contributed by atoms with Crippen LogP contribution in [0.4, 0.5) is 0 Å². The first-order chi connectivity index (χ1) is 20.9. The molecule has 8 nitrogen and oxygen atoms in total. The molecule has 8 heteroatoms. The molecule has 0 unspecified atom stereocenters. The van der Waals surface area contributed by atoms with Crippen molar-refractivity contribution in [2.75, 3.05) is 6.54 Å². The number of pyridine rings is 1. The lowest BCUT2D eigenvalue weighted by atomic mass is 9.70. The lowest BCUT2D eigenvalue weighted by Gasteiger charge is -2.34. The normalized spacial score (nSPS) is 16.9. The van der Waals surface area contributed by atoms with Crippen molar-refractivity contribution in [3.8, 4) is 11.5 Å². The molecule has 0 spiro atoms. The van der Waals surface area contributed by atoms with Crippen molar-refractivity contribution in [1.82, 2.24) is 14.9 Å². The van der Waals surface area contributed by atoms with Gasteiger partial charge in [0, 0.05) is 29.9 Å². The maximum atomic E-state index is 14.2. The van der Waals surface area contributed by atoms with Gasteiger partial charge in [0.15, 0.2) is 0 Å². The predicted molar refractivity (Wildman–Crippen MR) is 164 cm³/mol. The number of imide groups is 1. The highest BCUT2D eigenvalue weighted by Gasteiger charge is 2.39. The largest absolute Gasteiger partial charge is 0.431 e. The molecule has 3 aromatic rings. The molecule has 2 saturated carbocycles. The second-order valence-corrected chi connectivity index (χ2v) is 12.2. The van der Waals surface area contributed by atoms with Gasteiger partial charge in [-0.15, -0.1) is 0 Å². The van der Waals surface area contributed by atoms with Crippen LogP contribution in [-0.2, 0) is 22.4 Å². The van der Waals surface area contributed by atoms with Crippen LogP contribution in [0.2, 0.25) is 0 Å². The Labute approximate surface area is 254 Å². The Hall–Kier alpha value is -3.81. The summed E-state index contributed by atoms with van der Waals surface area (Å²) in [6.07, 6.45) is 17.0. The van der Waals surface area contributed by atoms with E-state index in [-0.39, 0.29) is 24.6 Å². The molecule has 2 aliphatic carbocycles. The Bertz CT molecular complexity index is 1360. The molecule has 2 fully saturated rings. The lowest BCUT2D eigenvalue weighted by Crippen LogP contribution is -2.42. The molecule has 2 aromatic heterocycles. The standard InChI is InChI=1S/C35H43N4O4/c36-34(42)35(19-8-3-9-20-35)21-16-30(40)39(24-10-15-26-11-4-1-5-12-26)33(41)31-29(25-27-13-6-2-7-14-27)38-32(43-31)28-17-22-37-23-18-28/h1,4-5,11-12,16-18,22-23,27H,2-3,6-10,13-15,19-21,24-25H2,(H2,36,42). The number of benzene rings is 1. The Balaban J connectivity index is 1.41. The van der Waals surface area contributed by atoms with Crippen molar-refractivity contribution in [3.05, 3.63) is 78.3 Å². The van der Waals surface area contributed by atoms with Crippen molar-refractivity contribution >= 4 is 17.7 Å². The molecule has 0 atom stereocenters. The smallest absolute Gasteiger partial charge is 0.298 e. The van der Waals surface area contributed by atoms with Gasteiger partial charge in [-0.1, -0.05) is 81.7 Å². The van der Waals surface area contributed by atoms with Gasteiger partial charge in [0.05, 0.1) is 12.1 Å². The fourth-order valence-electron chi connectivity index (χ4n) is 6.63. The van der Waals surface area contributed by atoms with Crippen molar-refractivity contribution in [3.63, 3.8) is 0 Å². The average Bonchev–Trinajstić information content (AvgIpc) is 3.47. The lowest BCUT2D eigenvalue weighted by molar-refractivity contribution is -0.130. The molecule has 0 bridgehead atoms. The van der Waals surface area contributed by atoms with Crippen molar-refractivity contribution in [2.45, 2.75) is 89.9 Å². The van der Waals surface area contributed by atoms with E-state index in [4.69, 9.17) is 15.1 Å². The topological polar surface area (TPSA) is 119 Å². The van der Waals surface area contributed by atoms with Gasteiger partial charge >= 0.3 is 0 Å². The number of carbonyl (C=O) groups is 3. The number of aromatic nitrogens is 2. The summed E-state index contributed by atoms with van der Waals surface area (Å²) in [5.41, 5.74) is 7.58. The number of oxazole rings is 1. The Morgan fingerprint density at radius 3 is 2.35 bits per heavy atom. The third-order valence-corrected chi connectivity index (χ3v) is 9.23. The highest BCUT2D eigenvalue weighted by Crippen LogP contribution is 2.40. The van der Waals surface area contributed by atoms with Crippen molar-refractivity contribution in [2.24, 2.45) is 17.1 Å². The summed E-state index contributed by atoms with van der Waals surface area (Å²) in [5.74, 6) is -0.371. The van der Waals surface area contributed by atoms with Gasteiger partial charge in [0.25, 0.3) is 5.91 Å². The first-order valence-electron chi connectivity index (χ1n) is 15.9. The summed E-state index contributed by atoms with van der Waals surface area (Å²) in [6.45, 7) is 0.223. The molecule has 3 amide bonds. The van der Waals surface area contributed by atoms with Crippen LogP contribution >= 0.6 is 0 Å². The summed E-state index contributed by atoms with van der Waals surface area (Å²) in [7, 11) is 0. The molecular formula is C35H43N4O4. The minimum Gasteiger partial charge on any atom is -0.431 e. The zero-order chi connectivity index (χ0) is 30.1. The number of aryl methyl sites for hydroxylation is 1. The zero-order valence-corrected chi connectivity index (χ0v) is 25.0. The molecule has 43 heavy (non-hydrogen) atoms. The molecule has 2 heterocycles. The maximum absolute atomic E-state index is 14.2. The SMILES string of the molecule is NC(=O)C1(C[CH]C(=O)N(CCCc2ccccc2)C(=O)c2oc(-c3ccncc3)nc2CC2CCCCC2)CCCCC1. The molecule has 5 rings (SSSR count). The summed E-state index contributed by atoms with van der Waals surface area (Å²) in [6, 6.07) is 13.6. The number of amides is 3. The first-order valence-corrected chi connectivity index (χ1v) is 15.9. The maximum Gasteiger partial charge on any atom is 0.298 e. The number of rotatable bonds is 12. The monoisotopic (exact) mass is 583 g/mol. The van der Waals surface area contributed by atoms with Crippen LogP contribution in [0.3, 0.4) is 0 Å². The first kappa shape index (κ1) is 30.6. The molecule has 0 saturated heterocycles. The van der Waals surface area contributed by atoms with E-state index in [1.54, 1.807) is 24.5 Å². The average molecular weight is 584 g/mol. The Morgan fingerprint density at radius 1 is 0.953 bits per heavy atom. The second kappa shape index (κ2) is 14.6. The van der Waals surface area contributed by atoms with Gasteiger partial charge in [0.2, 0.25) is 23.5 Å². The Morgan fingerprint density at radius 2 is 1.65 bits per heavy atom. The van der Waals surface area contributed by atoms with Crippen LogP contribution in [0, 0.1) is 17.8 Å². The van der Waals surface area contributed by atoms with Crippen LogP contribution in [0.5, 0.6) is 0 Å². The van der Waals surface area contributed by atoms with E-state index in [1.807, 2.05) is 30.3 Å². The number of carbonyl (C=O) groups excluding carboxylic acids is 3. The molecule has 0 aliphatic heterocycles. The molecule has 1 aromatic carbocycles. The highest BCUT2D eigenvalue weighted by molar-refractivity contribution is 6.06. The van der Waals surface area contributed by atoms with E-state index in [9.17, 15) is 14.4 Å². The number of nitrogens with zero attached hydrogens (tertiary/aromatic N) is 3. The van der Waals surface area contributed by atoms with Gasteiger partial charge < -0.3 is 10.2 Å². The van der Waals surface area contributed by atoms with Crippen LogP contribution in [0.15, 0.2) is 59.3 Å². The second-order valence-electron chi connectivity index (χ2n) is 12.2. The number of hydrogen-bond acceptors (Lipinski definition) is 6. The van der Waals surface area contributed by atoms with E-state index in [0.717, 1.165) is 49.7 Å². The minimum atomic E-state index is -0.737. The fourth-order valence-corrected chi connectivity index (χ4v) is 6.63. The van der Waals surface area contributed by atoms with Crippen LogP contribution in [0.1, 0.15) is 98.9 Å². The van der Waals surface area contributed by atoms with Gasteiger partial charge in [-0.2, -0.15) is 0 Å². The zero-order valence-electron chi connectivity index (χ0n) is 25.0. The van der Waals surface area contributed by atoms with E-state index in [0.29, 0.717) is 43.2 Å². The molecular weight excluding hydrogens is 540 g/mol. The van der Waals surface area contributed by atoms with Crippen LogP contribution < -0.4 is 5.73 Å². The van der Waals surface area contributed by atoms with E-state index >= 15 is 0 Å². The summed E-state index contributed by atoms with van der Waals surface area (Å²) >= 11 is 0. The summed E-state index contributed by atoms with van der Waals surface area (Å²) < 4.78 is 6.18. The van der Waals surface area contributed by atoms with Gasteiger partial charge in [-0.25, -0.2) is 4.98 Å². The minimum absolute atomic E-state index is 0.126. The van der Waals surface area contributed by atoms with E-state index in [2.05, 4.69) is 4.98 Å². The summed E-state index contributed by atoms with van der Waals surface area (Å²) in [5, 5.41) is 0. The molecule has 227 valence electrons. The number of nitrogens with two attached hydrogens (primary N) is 1. The van der Waals surface area contributed by atoms with Gasteiger partial charge in [-0.05, 0) is 62.1 Å². The van der Waals surface area contributed by atoms with Crippen LogP contribution in [0.25, 0.3) is 11.5 Å². The predicted octanol–water partition coefficient (Wildman–Crippen LogP) is 6.49. The Kier molecular flexibility index (Phi) is 10.4. The quantitative estimate of drug-likeness (QED) is 0.260. The number of hydrogen-bond donors (Lipinski definition) is 1. The number of primary amides is 1.